The second-order valence-electron chi connectivity index (χ2n) is 7.18. The Kier molecular flexibility index (Phi) is 4.32. The van der Waals surface area contributed by atoms with Gasteiger partial charge in [0.2, 0.25) is 0 Å². The van der Waals surface area contributed by atoms with Crippen LogP contribution in [-0.2, 0) is 0 Å². The van der Waals surface area contributed by atoms with Gasteiger partial charge in [-0.15, -0.1) is 22.7 Å². The lowest BCUT2D eigenvalue weighted by atomic mass is 10.2. The molecular weight excluding hydrogens is 412 g/mol. The van der Waals surface area contributed by atoms with E-state index in [-0.39, 0.29) is 0 Å². The first-order valence-electron chi connectivity index (χ1n) is 9.85. The van der Waals surface area contributed by atoms with Crippen molar-refractivity contribution in [2.75, 3.05) is 36.0 Å². The van der Waals surface area contributed by atoms with E-state index < -0.39 is 0 Å². The number of aromatic nitrogens is 4. The van der Waals surface area contributed by atoms with Crippen molar-refractivity contribution in [3.63, 3.8) is 0 Å². The molecule has 1 saturated heterocycles. The highest BCUT2D eigenvalue weighted by Crippen LogP contribution is 2.31. The van der Waals surface area contributed by atoms with Crippen molar-refractivity contribution in [1.29, 1.82) is 0 Å². The van der Waals surface area contributed by atoms with E-state index in [1.807, 2.05) is 12.1 Å². The second-order valence-corrected chi connectivity index (χ2v) is 9.02. The van der Waals surface area contributed by atoms with E-state index in [1.54, 1.807) is 29.0 Å². The molecule has 0 aliphatic carbocycles. The number of thiophene rings is 2. The standard InChI is InChI=1S/C22H18N6S2/c1-2-5-17-15(4-1)21(26-19(25-17)18-6-3-12-29-18)28-10-8-27(9-11-28)20-16-7-13-30-22(16)24-14-23-20/h1-7,12-14H,8-11H2. The van der Waals surface area contributed by atoms with Crippen LogP contribution in [0, 0.1) is 0 Å². The molecule has 0 spiro atoms. The van der Waals surface area contributed by atoms with Crippen LogP contribution in [0.2, 0.25) is 0 Å². The third kappa shape index (κ3) is 3.00. The van der Waals surface area contributed by atoms with Gasteiger partial charge in [0.1, 0.15) is 22.8 Å². The molecule has 5 heterocycles. The molecule has 30 heavy (non-hydrogen) atoms. The van der Waals surface area contributed by atoms with Gasteiger partial charge in [0.25, 0.3) is 0 Å². The molecule has 0 saturated carbocycles. The van der Waals surface area contributed by atoms with Crippen molar-refractivity contribution in [3.05, 3.63) is 59.6 Å². The van der Waals surface area contributed by atoms with E-state index in [2.05, 4.69) is 60.9 Å². The van der Waals surface area contributed by atoms with E-state index >= 15 is 0 Å². The molecule has 8 heteroatoms. The Balaban J connectivity index is 1.33. The molecule has 1 fully saturated rings. The first kappa shape index (κ1) is 17.7. The highest BCUT2D eigenvalue weighted by atomic mass is 32.1. The maximum Gasteiger partial charge on any atom is 0.172 e. The summed E-state index contributed by atoms with van der Waals surface area (Å²) in [5, 5.41) is 6.40. The van der Waals surface area contributed by atoms with Gasteiger partial charge in [-0.2, -0.15) is 0 Å². The third-order valence-corrected chi connectivity index (χ3v) is 7.13. The number of para-hydroxylation sites is 1. The van der Waals surface area contributed by atoms with Crippen LogP contribution in [0.5, 0.6) is 0 Å². The number of nitrogens with zero attached hydrogens (tertiary/aromatic N) is 6. The average Bonchev–Trinajstić information content (AvgIpc) is 3.50. The molecular formula is C22H18N6S2. The molecule has 0 amide bonds. The lowest BCUT2D eigenvalue weighted by Crippen LogP contribution is -2.47. The van der Waals surface area contributed by atoms with Crippen molar-refractivity contribution in [3.8, 4) is 10.7 Å². The summed E-state index contributed by atoms with van der Waals surface area (Å²) >= 11 is 3.33. The van der Waals surface area contributed by atoms with Crippen molar-refractivity contribution in [2.24, 2.45) is 0 Å². The van der Waals surface area contributed by atoms with Gasteiger partial charge < -0.3 is 9.80 Å². The Hall–Kier alpha value is -3.10. The van der Waals surface area contributed by atoms with Crippen LogP contribution in [0.1, 0.15) is 0 Å². The van der Waals surface area contributed by atoms with Crippen molar-refractivity contribution in [2.45, 2.75) is 0 Å². The maximum absolute atomic E-state index is 4.99. The molecule has 1 aliphatic heterocycles. The number of benzene rings is 1. The molecule has 1 aromatic carbocycles. The lowest BCUT2D eigenvalue weighted by molar-refractivity contribution is 0.645. The first-order chi connectivity index (χ1) is 14.9. The maximum atomic E-state index is 4.99. The summed E-state index contributed by atoms with van der Waals surface area (Å²) in [6.07, 6.45) is 1.67. The number of anilines is 2. The Morgan fingerprint density at radius 1 is 0.700 bits per heavy atom. The molecule has 0 N–H and O–H groups in total. The summed E-state index contributed by atoms with van der Waals surface area (Å²) in [6.45, 7) is 3.57. The highest BCUT2D eigenvalue weighted by Gasteiger charge is 2.23. The first-order valence-corrected chi connectivity index (χ1v) is 11.6. The number of hydrogen-bond acceptors (Lipinski definition) is 8. The molecule has 0 unspecified atom stereocenters. The molecule has 1 aliphatic rings. The fraction of sp³-hybridized carbons (Fsp3) is 0.182. The Labute approximate surface area is 181 Å². The fourth-order valence-corrected chi connectivity index (χ4v) is 5.36. The molecule has 0 bridgehead atoms. The quantitative estimate of drug-likeness (QED) is 0.414. The van der Waals surface area contributed by atoms with Crippen molar-refractivity contribution < 1.29 is 0 Å². The van der Waals surface area contributed by atoms with Crippen LogP contribution in [0.25, 0.3) is 31.8 Å². The summed E-state index contributed by atoms with van der Waals surface area (Å²) in [5.74, 6) is 2.86. The van der Waals surface area contributed by atoms with Gasteiger partial charge in [0.05, 0.1) is 15.8 Å². The zero-order valence-electron chi connectivity index (χ0n) is 16.1. The SMILES string of the molecule is c1csc(-c2nc(N3CCN(c4ncnc5sccc45)CC3)c3ccccc3n2)c1. The largest absolute Gasteiger partial charge is 0.352 e. The monoisotopic (exact) mass is 430 g/mol. The molecule has 5 aromatic rings. The highest BCUT2D eigenvalue weighted by molar-refractivity contribution is 7.16. The van der Waals surface area contributed by atoms with Crippen LogP contribution in [-0.4, -0.2) is 46.1 Å². The van der Waals surface area contributed by atoms with Crippen LogP contribution in [0.4, 0.5) is 11.6 Å². The van der Waals surface area contributed by atoms with Gasteiger partial charge in [-0.05, 0) is 35.0 Å². The molecule has 0 radical (unpaired) electrons. The van der Waals surface area contributed by atoms with Gasteiger partial charge in [-0.3, -0.25) is 0 Å². The number of fused-ring (bicyclic) bond motifs is 2. The van der Waals surface area contributed by atoms with E-state index in [1.165, 1.54) is 0 Å². The topological polar surface area (TPSA) is 58.0 Å². The summed E-state index contributed by atoms with van der Waals surface area (Å²) in [5.41, 5.74) is 0.990. The summed E-state index contributed by atoms with van der Waals surface area (Å²) in [6, 6.07) is 14.5. The minimum absolute atomic E-state index is 0.803. The van der Waals surface area contributed by atoms with Gasteiger partial charge in [0, 0.05) is 31.6 Å². The number of hydrogen-bond donors (Lipinski definition) is 0. The van der Waals surface area contributed by atoms with Gasteiger partial charge in [-0.1, -0.05) is 18.2 Å². The molecule has 0 atom stereocenters. The van der Waals surface area contributed by atoms with Gasteiger partial charge in [-0.25, -0.2) is 19.9 Å². The fourth-order valence-electron chi connectivity index (χ4n) is 3.98. The Morgan fingerprint density at radius 2 is 1.53 bits per heavy atom. The molecule has 148 valence electrons. The van der Waals surface area contributed by atoms with Gasteiger partial charge in [0.15, 0.2) is 5.82 Å². The van der Waals surface area contributed by atoms with Crippen LogP contribution >= 0.6 is 22.7 Å². The predicted octanol–water partition coefficient (Wildman–Crippen LogP) is 4.69. The van der Waals surface area contributed by atoms with E-state index in [9.17, 15) is 0 Å². The summed E-state index contributed by atoms with van der Waals surface area (Å²) in [4.78, 5) is 25.6. The van der Waals surface area contributed by atoms with E-state index in [0.717, 1.165) is 69.6 Å². The van der Waals surface area contributed by atoms with Crippen LogP contribution in [0.15, 0.2) is 59.6 Å². The Morgan fingerprint density at radius 3 is 2.37 bits per heavy atom. The number of piperazine rings is 1. The normalized spacial score (nSPS) is 14.7. The average molecular weight is 431 g/mol. The summed E-state index contributed by atoms with van der Waals surface area (Å²) in [7, 11) is 0. The van der Waals surface area contributed by atoms with Crippen LogP contribution < -0.4 is 9.80 Å². The van der Waals surface area contributed by atoms with Crippen LogP contribution in [0.3, 0.4) is 0 Å². The van der Waals surface area contributed by atoms with E-state index in [4.69, 9.17) is 9.97 Å². The zero-order chi connectivity index (χ0) is 19.9. The zero-order valence-corrected chi connectivity index (χ0v) is 17.7. The third-order valence-electron chi connectivity index (χ3n) is 5.44. The summed E-state index contributed by atoms with van der Waals surface area (Å²) < 4.78 is 0. The van der Waals surface area contributed by atoms with Gasteiger partial charge >= 0.3 is 0 Å². The molecule has 6 rings (SSSR count). The lowest BCUT2D eigenvalue weighted by Gasteiger charge is -2.36. The van der Waals surface area contributed by atoms with Crippen molar-refractivity contribution >= 4 is 55.4 Å². The Bertz CT molecular complexity index is 1320. The minimum Gasteiger partial charge on any atom is -0.352 e. The number of rotatable bonds is 3. The van der Waals surface area contributed by atoms with Crippen molar-refractivity contribution in [1.82, 2.24) is 19.9 Å². The smallest absolute Gasteiger partial charge is 0.172 e. The second kappa shape index (κ2) is 7.30. The molecule has 6 nitrogen and oxygen atoms in total. The minimum atomic E-state index is 0.803. The van der Waals surface area contributed by atoms with E-state index in [0.29, 0.717) is 0 Å². The molecule has 4 aromatic heterocycles. The predicted molar refractivity (Wildman–Crippen MR) is 125 cm³/mol.